The standard InChI is InChI=1S/C22H19N5/c1-16-9-10-20-19(14-16)25-22(26(20)17-6-3-2-4-7-17)12-11-21-23-15-18-8-5-13-24-27(18)21/h2-10,13-15H,11-12H2,1H3. The normalized spacial score (nSPS) is 11.4. The van der Waals surface area contributed by atoms with Crippen molar-refractivity contribution in [3.63, 3.8) is 0 Å². The van der Waals surface area contributed by atoms with E-state index in [4.69, 9.17) is 4.98 Å². The van der Waals surface area contributed by atoms with Crippen molar-refractivity contribution in [3.05, 3.63) is 90.3 Å². The molecule has 0 saturated heterocycles. The van der Waals surface area contributed by atoms with Crippen LogP contribution in [0, 0.1) is 6.92 Å². The summed E-state index contributed by atoms with van der Waals surface area (Å²) in [6.07, 6.45) is 5.23. The molecular weight excluding hydrogens is 334 g/mol. The average Bonchev–Trinajstić information content (AvgIpc) is 3.27. The Hall–Kier alpha value is -3.47. The third-order valence-corrected chi connectivity index (χ3v) is 4.84. The minimum absolute atomic E-state index is 0.778. The number of fused-ring (bicyclic) bond motifs is 2. The van der Waals surface area contributed by atoms with Gasteiger partial charge in [-0.15, -0.1) is 0 Å². The Kier molecular flexibility index (Phi) is 3.71. The van der Waals surface area contributed by atoms with Crippen molar-refractivity contribution in [1.29, 1.82) is 0 Å². The van der Waals surface area contributed by atoms with E-state index in [2.05, 4.69) is 64.0 Å². The van der Waals surface area contributed by atoms with E-state index in [0.29, 0.717) is 0 Å². The molecule has 0 N–H and O–H groups in total. The molecule has 0 aliphatic heterocycles. The highest BCUT2D eigenvalue weighted by Gasteiger charge is 2.14. The van der Waals surface area contributed by atoms with Crippen LogP contribution in [0.5, 0.6) is 0 Å². The number of nitrogens with zero attached hydrogens (tertiary/aromatic N) is 5. The van der Waals surface area contributed by atoms with Crippen molar-refractivity contribution >= 4 is 16.6 Å². The summed E-state index contributed by atoms with van der Waals surface area (Å²) in [5.74, 6) is 1.99. The van der Waals surface area contributed by atoms with Crippen LogP contribution in [0.25, 0.3) is 22.2 Å². The van der Waals surface area contributed by atoms with Crippen molar-refractivity contribution in [2.24, 2.45) is 0 Å². The lowest BCUT2D eigenvalue weighted by Crippen LogP contribution is -2.06. The molecule has 132 valence electrons. The van der Waals surface area contributed by atoms with Crippen LogP contribution in [-0.2, 0) is 12.8 Å². The minimum atomic E-state index is 0.778. The number of aromatic nitrogens is 5. The Morgan fingerprint density at radius 2 is 1.74 bits per heavy atom. The maximum atomic E-state index is 4.93. The third-order valence-electron chi connectivity index (χ3n) is 4.84. The number of para-hydroxylation sites is 1. The molecule has 0 fully saturated rings. The molecule has 5 rings (SSSR count). The molecule has 0 bridgehead atoms. The van der Waals surface area contributed by atoms with Gasteiger partial charge in [-0.2, -0.15) is 5.10 Å². The van der Waals surface area contributed by atoms with E-state index in [-0.39, 0.29) is 0 Å². The van der Waals surface area contributed by atoms with Crippen LogP contribution in [0.15, 0.2) is 73.1 Å². The summed E-state index contributed by atoms with van der Waals surface area (Å²) in [5.41, 5.74) is 5.52. The van der Waals surface area contributed by atoms with Crippen molar-refractivity contribution < 1.29 is 0 Å². The highest BCUT2D eigenvalue weighted by molar-refractivity contribution is 5.79. The van der Waals surface area contributed by atoms with Gasteiger partial charge in [-0.05, 0) is 48.9 Å². The summed E-state index contributed by atoms with van der Waals surface area (Å²) in [4.78, 5) is 9.48. The van der Waals surface area contributed by atoms with Crippen molar-refractivity contribution in [1.82, 2.24) is 24.1 Å². The summed E-state index contributed by atoms with van der Waals surface area (Å²) in [6, 6.07) is 20.8. The van der Waals surface area contributed by atoms with E-state index in [9.17, 15) is 0 Å². The number of hydrogen-bond acceptors (Lipinski definition) is 3. The van der Waals surface area contributed by atoms with Crippen LogP contribution in [0.3, 0.4) is 0 Å². The molecule has 0 atom stereocenters. The molecular formula is C22H19N5. The zero-order chi connectivity index (χ0) is 18.2. The first-order valence-electron chi connectivity index (χ1n) is 9.11. The van der Waals surface area contributed by atoms with Gasteiger partial charge in [0.05, 0.1) is 22.7 Å². The molecule has 0 aliphatic rings. The second-order valence-electron chi connectivity index (χ2n) is 6.73. The Labute approximate surface area is 156 Å². The van der Waals surface area contributed by atoms with Gasteiger partial charge in [0.15, 0.2) is 0 Å². The fourth-order valence-corrected chi connectivity index (χ4v) is 3.56. The number of rotatable bonds is 4. The molecule has 0 radical (unpaired) electrons. The largest absolute Gasteiger partial charge is 0.296 e. The summed E-state index contributed by atoms with van der Waals surface area (Å²) in [6.45, 7) is 2.10. The molecule has 3 aromatic heterocycles. The van der Waals surface area contributed by atoms with E-state index in [0.717, 1.165) is 46.7 Å². The first-order valence-corrected chi connectivity index (χ1v) is 9.11. The average molecular weight is 353 g/mol. The molecule has 0 unspecified atom stereocenters. The second-order valence-corrected chi connectivity index (χ2v) is 6.73. The number of imidazole rings is 2. The Balaban J connectivity index is 1.58. The molecule has 3 heterocycles. The van der Waals surface area contributed by atoms with Crippen LogP contribution in [0.2, 0.25) is 0 Å². The van der Waals surface area contributed by atoms with E-state index in [1.54, 1.807) is 6.20 Å². The lowest BCUT2D eigenvalue weighted by molar-refractivity contribution is 0.755. The topological polar surface area (TPSA) is 48.0 Å². The zero-order valence-electron chi connectivity index (χ0n) is 15.1. The molecule has 0 aliphatic carbocycles. The first-order chi connectivity index (χ1) is 13.3. The van der Waals surface area contributed by atoms with E-state index < -0.39 is 0 Å². The van der Waals surface area contributed by atoms with E-state index in [1.165, 1.54) is 5.56 Å². The van der Waals surface area contributed by atoms with Gasteiger partial charge in [-0.1, -0.05) is 24.3 Å². The lowest BCUT2D eigenvalue weighted by atomic mass is 10.2. The van der Waals surface area contributed by atoms with Crippen LogP contribution in [-0.4, -0.2) is 24.1 Å². The predicted molar refractivity (Wildman–Crippen MR) is 106 cm³/mol. The summed E-state index contributed by atoms with van der Waals surface area (Å²) in [7, 11) is 0. The summed E-state index contributed by atoms with van der Waals surface area (Å²) >= 11 is 0. The number of aryl methyl sites for hydroxylation is 3. The first kappa shape index (κ1) is 15.8. The lowest BCUT2D eigenvalue weighted by Gasteiger charge is -2.09. The fourth-order valence-electron chi connectivity index (χ4n) is 3.56. The van der Waals surface area contributed by atoms with E-state index in [1.807, 2.05) is 28.9 Å². The predicted octanol–water partition coefficient (Wildman–Crippen LogP) is 4.16. The number of benzene rings is 2. The van der Waals surface area contributed by atoms with E-state index >= 15 is 0 Å². The summed E-state index contributed by atoms with van der Waals surface area (Å²) < 4.78 is 4.15. The molecule has 27 heavy (non-hydrogen) atoms. The van der Waals surface area contributed by atoms with Crippen molar-refractivity contribution in [2.75, 3.05) is 0 Å². The van der Waals surface area contributed by atoms with Gasteiger partial charge in [0.25, 0.3) is 0 Å². The zero-order valence-corrected chi connectivity index (χ0v) is 15.1. The molecule has 5 aromatic rings. The molecule has 0 amide bonds. The van der Waals surface area contributed by atoms with Crippen molar-refractivity contribution in [3.8, 4) is 5.69 Å². The molecule has 0 saturated carbocycles. The Bertz CT molecular complexity index is 1230. The van der Waals surface area contributed by atoms with Crippen molar-refractivity contribution in [2.45, 2.75) is 19.8 Å². The Morgan fingerprint density at radius 1 is 0.889 bits per heavy atom. The molecule has 5 heteroatoms. The van der Waals surface area contributed by atoms with Crippen LogP contribution in [0.1, 0.15) is 17.2 Å². The van der Waals surface area contributed by atoms with Gasteiger partial charge in [0.2, 0.25) is 0 Å². The van der Waals surface area contributed by atoms with Crippen LogP contribution >= 0.6 is 0 Å². The SMILES string of the molecule is Cc1ccc2c(c1)nc(CCc1ncc3cccnn13)n2-c1ccccc1. The summed E-state index contributed by atoms with van der Waals surface area (Å²) in [5, 5.41) is 4.42. The highest BCUT2D eigenvalue weighted by atomic mass is 15.3. The molecule has 2 aromatic carbocycles. The highest BCUT2D eigenvalue weighted by Crippen LogP contribution is 2.23. The van der Waals surface area contributed by atoms with Crippen LogP contribution in [0.4, 0.5) is 0 Å². The molecule has 0 spiro atoms. The second kappa shape index (κ2) is 6.36. The van der Waals surface area contributed by atoms with Gasteiger partial charge in [0, 0.05) is 24.7 Å². The maximum absolute atomic E-state index is 4.93. The fraction of sp³-hybridized carbons (Fsp3) is 0.136. The van der Waals surface area contributed by atoms with Gasteiger partial charge in [-0.3, -0.25) is 4.57 Å². The van der Waals surface area contributed by atoms with Gasteiger partial charge in [-0.25, -0.2) is 14.5 Å². The maximum Gasteiger partial charge on any atom is 0.131 e. The number of hydrogen-bond donors (Lipinski definition) is 0. The van der Waals surface area contributed by atoms with Gasteiger partial charge >= 0.3 is 0 Å². The van der Waals surface area contributed by atoms with Gasteiger partial charge < -0.3 is 0 Å². The monoisotopic (exact) mass is 353 g/mol. The minimum Gasteiger partial charge on any atom is -0.296 e. The van der Waals surface area contributed by atoms with Gasteiger partial charge in [0.1, 0.15) is 11.6 Å². The molecule has 5 nitrogen and oxygen atoms in total. The van der Waals surface area contributed by atoms with Crippen LogP contribution < -0.4 is 0 Å². The smallest absolute Gasteiger partial charge is 0.131 e. The quantitative estimate of drug-likeness (QED) is 0.487. The Morgan fingerprint density at radius 3 is 2.63 bits per heavy atom. The third kappa shape index (κ3) is 2.77.